The molecule has 0 saturated carbocycles. The van der Waals surface area contributed by atoms with E-state index in [1.54, 1.807) is 0 Å². The predicted molar refractivity (Wildman–Crippen MR) is 74.5 cm³/mol. The second-order valence-electron chi connectivity index (χ2n) is 4.62. The molecule has 0 fully saturated rings. The molecule has 1 aromatic carbocycles. The highest BCUT2D eigenvalue weighted by Crippen LogP contribution is 2.22. The van der Waals surface area contributed by atoms with Crippen LogP contribution < -0.4 is 10.5 Å². The number of rotatable bonds is 5. The number of hydrogen-bond acceptors (Lipinski definition) is 4. The molecular weight excluding hydrogens is 240 g/mol. The molecule has 1 aromatic heterocycles. The lowest BCUT2D eigenvalue weighted by molar-refractivity contribution is 0.340. The molecule has 1 heterocycles. The lowest BCUT2D eigenvalue weighted by atomic mass is 10.1. The first-order chi connectivity index (χ1) is 9.17. The first-order valence-corrected chi connectivity index (χ1v) is 6.55. The summed E-state index contributed by atoms with van der Waals surface area (Å²) in [7, 11) is 0. The zero-order valence-electron chi connectivity index (χ0n) is 11.6. The zero-order valence-corrected chi connectivity index (χ0v) is 11.6. The fourth-order valence-corrected chi connectivity index (χ4v) is 2.08. The van der Waals surface area contributed by atoms with E-state index in [1.807, 2.05) is 35.9 Å². The van der Waals surface area contributed by atoms with E-state index in [-0.39, 0.29) is 0 Å². The molecule has 0 aliphatic rings. The monoisotopic (exact) mass is 260 g/mol. The second-order valence-corrected chi connectivity index (χ2v) is 4.62. The van der Waals surface area contributed by atoms with Crippen molar-refractivity contribution in [2.75, 3.05) is 6.61 Å². The van der Waals surface area contributed by atoms with Crippen molar-refractivity contribution in [3.63, 3.8) is 0 Å². The van der Waals surface area contributed by atoms with Gasteiger partial charge in [0.25, 0.3) is 0 Å². The third kappa shape index (κ3) is 2.76. The molecule has 0 aliphatic heterocycles. The van der Waals surface area contributed by atoms with Crippen LogP contribution in [0.5, 0.6) is 5.75 Å². The van der Waals surface area contributed by atoms with Gasteiger partial charge in [0.1, 0.15) is 11.4 Å². The predicted octanol–water partition coefficient (Wildman–Crippen LogP) is 2.25. The third-order valence-corrected chi connectivity index (χ3v) is 2.91. The van der Waals surface area contributed by atoms with Crippen LogP contribution in [0.3, 0.4) is 0 Å². The minimum atomic E-state index is 0.320. The van der Waals surface area contributed by atoms with Crippen LogP contribution in [0.4, 0.5) is 0 Å². The Balaban J connectivity index is 2.38. The summed E-state index contributed by atoms with van der Waals surface area (Å²) in [6, 6.07) is 7.83. The Hall–Kier alpha value is -1.88. The molecule has 0 atom stereocenters. The van der Waals surface area contributed by atoms with Crippen molar-refractivity contribution in [1.29, 1.82) is 0 Å². The molecule has 2 rings (SSSR count). The number of ether oxygens (including phenoxy) is 1. The molecule has 0 amide bonds. The van der Waals surface area contributed by atoms with Crippen LogP contribution in [0.2, 0.25) is 0 Å². The van der Waals surface area contributed by atoms with Gasteiger partial charge in [0, 0.05) is 6.54 Å². The largest absolute Gasteiger partial charge is 0.494 e. The Labute approximate surface area is 113 Å². The topological polar surface area (TPSA) is 66.0 Å². The summed E-state index contributed by atoms with van der Waals surface area (Å²) < 4.78 is 7.29. The van der Waals surface area contributed by atoms with Gasteiger partial charge in [0.15, 0.2) is 0 Å². The Morgan fingerprint density at radius 1 is 1.26 bits per heavy atom. The lowest BCUT2D eigenvalue weighted by Crippen LogP contribution is -2.07. The Morgan fingerprint density at radius 2 is 1.95 bits per heavy atom. The smallest absolute Gasteiger partial charge is 0.119 e. The van der Waals surface area contributed by atoms with Gasteiger partial charge < -0.3 is 10.5 Å². The molecular formula is C14H20N4O. The first kappa shape index (κ1) is 13.5. The van der Waals surface area contributed by atoms with E-state index in [2.05, 4.69) is 24.2 Å². The summed E-state index contributed by atoms with van der Waals surface area (Å²) in [6.45, 7) is 7.27. The van der Waals surface area contributed by atoms with Crippen LogP contribution in [0.25, 0.3) is 5.69 Å². The summed E-state index contributed by atoms with van der Waals surface area (Å²) in [5.74, 6) is 1.18. The van der Waals surface area contributed by atoms with Gasteiger partial charge >= 0.3 is 0 Å². The van der Waals surface area contributed by atoms with Crippen molar-refractivity contribution >= 4 is 0 Å². The maximum absolute atomic E-state index is 5.71. The summed E-state index contributed by atoms with van der Waals surface area (Å²) >= 11 is 0. The Morgan fingerprint density at radius 3 is 2.47 bits per heavy atom. The molecule has 2 aromatic rings. The van der Waals surface area contributed by atoms with Gasteiger partial charge in [0.2, 0.25) is 0 Å². The fourth-order valence-electron chi connectivity index (χ4n) is 2.08. The van der Waals surface area contributed by atoms with Crippen LogP contribution in [-0.4, -0.2) is 21.6 Å². The number of nitrogens with zero attached hydrogens (tertiary/aromatic N) is 3. The van der Waals surface area contributed by atoms with Gasteiger partial charge in [0.05, 0.1) is 18.0 Å². The molecule has 0 saturated heterocycles. The van der Waals surface area contributed by atoms with Crippen molar-refractivity contribution in [3.8, 4) is 11.4 Å². The van der Waals surface area contributed by atoms with Crippen LogP contribution in [0, 0.1) is 0 Å². The van der Waals surface area contributed by atoms with E-state index in [9.17, 15) is 0 Å². The molecule has 5 nitrogen and oxygen atoms in total. The highest BCUT2D eigenvalue weighted by molar-refractivity contribution is 5.39. The van der Waals surface area contributed by atoms with E-state index in [4.69, 9.17) is 10.5 Å². The van der Waals surface area contributed by atoms with Gasteiger partial charge in [-0.1, -0.05) is 19.1 Å². The normalized spacial score (nSPS) is 11.0. The molecule has 0 radical (unpaired) electrons. The molecule has 102 valence electrons. The molecule has 0 aliphatic carbocycles. The number of benzene rings is 1. The molecule has 2 N–H and O–H groups in total. The van der Waals surface area contributed by atoms with Crippen molar-refractivity contribution in [2.24, 2.45) is 5.73 Å². The van der Waals surface area contributed by atoms with Crippen molar-refractivity contribution < 1.29 is 4.74 Å². The van der Waals surface area contributed by atoms with Gasteiger partial charge in [-0.3, -0.25) is 0 Å². The highest BCUT2D eigenvalue weighted by atomic mass is 16.5. The SMILES string of the molecule is CCOc1ccc(-n2nnc(CN)c2C(C)C)cc1. The zero-order chi connectivity index (χ0) is 13.8. The lowest BCUT2D eigenvalue weighted by Gasteiger charge is -2.11. The van der Waals surface area contributed by atoms with E-state index >= 15 is 0 Å². The number of nitrogens with two attached hydrogens (primary N) is 1. The molecule has 0 unspecified atom stereocenters. The van der Waals surface area contributed by atoms with Gasteiger partial charge in [-0.05, 0) is 37.1 Å². The van der Waals surface area contributed by atoms with Gasteiger partial charge in [-0.25, -0.2) is 4.68 Å². The number of aromatic nitrogens is 3. The number of hydrogen-bond donors (Lipinski definition) is 1. The van der Waals surface area contributed by atoms with Crippen molar-refractivity contribution in [3.05, 3.63) is 35.7 Å². The first-order valence-electron chi connectivity index (χ1n) is 6.55. The van der Waals surface area contributed by atoms with Crippen LogP contribution in [0.1, 0.15) is 38.1 Å². The quantitative estimate of drug-likeness (QED) is 0.895. The Bertz CT molecular complexity index is 531. The van der Waals surface area contributed by atoms with E-state index in [0.717, 1.165) is 22.8 Å². The summed E-state index contributed by atoms with van der Waals surface area (Å²) in [5.41, 5.74) is 8.59. The Kier molecular flexibility index (Phi) is 4.16. The molecule has 0 bridgehead atoms. The minimum Gasteiger partial charge on any atom is -0.494 e. The average Bonchev–Trinajstić information content (AvgIpc) is 2.84. The van der Waals surface area contributed by atoms with Crippen LogP contribution in [-0.2, 0) is 6.54 Å². The van der Waals surface area contributed by atoms with Crippen molar-refractivity contribution in [2.45, 2.75) is 33.2 Å². The van der Waals surface area contributed by atoms with Crippen molar-refractivity contribution in [1.82, 2.24) is 15.0 Å². The maximum Gasteiger partial charge on any atom is 0.119 e. The van der Waals surface area contributed by atoms with Gasteiger partial charge in [-0.15, -0.1) is 5.10 Å². The fraction of sp³-hybridized carbons (Fsp3) is 0.429. The molecule has 5 heteroatoms. The summed E-state index contributed by atoms with van der Waals surface area (Å²) in [5, 5.41) is 8.35. The van der Waals surface area contributed by atoms with Crippen LogP contribution >= 0.6 is 0 Å². The van der Waals surface area contributed by atoms with E-state index in [0.29, 0.717) is 19.1 Å². The summed E-state index contributed by atoms with van der Waals surface area (Å²) in [6.07, 6.45) is 0. The minimum absolute atomic E-state index is 0.320. The maximum atomic E-state index is 5.71. The summed E-state index contributed by atoms with van der Waals surface area (Å²) in [4.78, 5) is 0. The average molecular weight is 260 g/mol. The van der Waals surface area contributed by atoms with E-state index < -0.39 is 0 Å². The second kappa shape index (κ2) is 5.84. The molecule has 19 heavy (non-hydrogen) atoms. The van der Waals surface area contributed by atoms with Crippen LogP contribution in [0.15, 0.2) is 24.3 Å². The third-order valence-electron chi connectivity index (χ3n) is 2.91. The molecule has 0 spiro atoms. The van der Waals surface area contributed by atoms with E-state index in [1.165, 1.54) is 0 Å². The highest BCUT2D eigenvalue weighted by Gasteiger charge is 2.16. The standard InChI is InChI=1S/C14H20N4O/c1-4-19-12-7-5-11(6-8-12)18-14(10(2)3)13(9-15)16-17-18/h5-8,10H,4,9,15H2,1-3H3. The van der Waals surface area contributed by atoms with Gasteiger partial charge in [-0.2, -0.15) is 0 Å².